The number of carbonyl (C=O) groups excluding carboxylic acids is 1. The molecule has 4 rings (SSSR count). The van der Waals surface area contributed by atoms with E-state index in [4.69, 9.17) is 4.52 Å². The number of aliphatic imine (C=N–C) groups is 1. The third kappa shape index (κ3) is 3.74. The van der Waals surface area contributed by atoms with Crippen LogP contribution < -0.4 is 10.2 Å². The second-order valence-electron chi connectivity index (χ2n) is 6.92. The number of nitrogens with one attached hydrogen (secondary N) is 1. The number of aliphatic hydroxyl groups excluding tert-OH is 1. The first-order valence-corrected chi connectivity index (χ1v) is 9.00. The van der Waals surface area contributed by atoms with Gasteiger partial charge in [-0.05, 0) is 17.7 Å². The van der Waals surface area contributed by atoms with Gasteiger partial charge in [-0.15, -0.1) is 0 Å². The third-order valence-corrected chi connectivity index (χ3v) is 4.61. The summed E-state index contributed by atoms with van der Waals surface area (Å²) in [5.41, 5.74) is 3.69. The molecule has 148 valence electrons. The zero-order chi connectivity index (χ0) is 20.5. The van der Waals surface area contributed by atoms with Gasteiger partial charge in [0.1, 0.15) is 11.5 Å². The molecule has 0 aliphatic carbocycles. The monoisotopic (exact) mass is 394 g/mol. The van der Waals surface area contributed by atoms with Crippen LogP contribution in [-0.2, 0) is 11.4 Å². The molecule has 29 heavy (non-hydrogen) atoms. The second-order valence-corrected chi connectivity index (χ2v) is 6.92. The highest BCUT2D eigenvalue weighted by Crippen LogP contribution is 2.35. The van der Waals surface area contributed by atoms with Crippen molar-refractivity contribution in [2.24, 2.45) is 4.99 Å². The van der Waals surface area contributed by atoms with Crippen molar-refractivity contribution in [2.45, 2.75) is 13.0 Å². The molecule has 1 amide bonds. The molecule has 0 saturated heterocycles. The van der Waals surface area contributed by atoms with Gasteiger partial charge in [-0.3, -0.25) is 9.79 Å². The summed E-state index contributed by atoms with van der Waals surface area (Å²) in [7, 11) is 3.48. The van der Waals surface area contributed by atoms with Crippen LogP contribution in [0.15, 0.2) is 52.0 Å². The number of benzene rings is 2. The van der Waals surface area contributed by atoms with Crippen molar-refractivity contribution in [1.82, 2.24) is 5.16 Å². The van der Waals surface area contributed by atoms with E-state index in [1.807, 2.05) is 24.3 Å². The van der Waals surface area contributed by atoms with Gasteiger partial charge in [-0.1, -0.05) is 23.4 Å². The van der Waals surface area contributed by atoms with Gasteiger partial charge in [0.2, 0.25) is 5.91 Å². The fourth-order valence-electron chi connectivity index (χ4n) is 3.16. The number of hydrogen-bond donors (Lipinski definition) is 2. The number of aromatic nitrogens is 1. The van der Waals surface area contributed by atoms with E-state index in [-0.39, 0.29) is 18.9 Å². The molecule has 0 saturated carbocycles. The molecule has 0 bridgehead atoms. The molecule has 2 N–H and O–H groups in total. The van der Waals surface area contributed by atoms with Crippen LogP contribution in [0.1, 0.15) is 17.7 Å². The Balaban J connectivity index is 1.78. The smallest absolute Gasteiger partial charge is 0.230 e. The van der Waals surface area contributed by atoms with Gasteiger partial charge in [-0.2, -0.15) is 0 Å². The number of carbonyl (C=O) groups is 1. The number of hydrogen-bond acceptors (Lipinski definition) is 6. The number of nitrogens with zero attached hydrogens (tertiary/aromatic N) is 3. The summed E-state index contributed by atoms with van der Waals surface area (Å²) in [5, 5.41) is 15.7. The molecule has 0 atom stereocenters. The zero-order valence-corrected chi connectivity index (χ0v) is 15.9. The molecule has 7 nitrogen and oxygen atoms in total. The standard InChI is InChI=1S/C21H19FN4O3/c1-26(2)19-9-18-17(8-15(19)22)24-21(28)10-16(23-18)12-4-3-5-13(6-12)20-7-14(11-27)25-29-20/h3-9,27H,10-11H2,1-2H3,(H,24,28). The summed E-state index contributed by atoms with van der Waals surface area (Å²) < 4.78 is 19.6. The number of fused-ring (bicyclic) bond motifs is 1. The molecule has 1 aliphatic rings. The fraction of sp³-hybridized carbons (Fsp3) is 0.190. The molecule has 0 fully saturated rings. The van der Waals surface area contributed by atoms with Crippen LogP contribution in [0.3, 0.4) is 0 Å². The molecule has 2 heterocycles. The van der Waals surface area contributed by atoms with E-state index in [1.54, 1.807) is 31.1 Å². The number of amides is 1. The Morgan fingerprint density at radius 2 is 2.00 bits per heavy atom. The van der Waals surface area contributed by atoms with Crippen LogP contribution in [0.4, 0.5) is 21.5 Å². The number of halogens is 1. The Labute approximate surface area is 166 Å². The summed E-state index contributed by atoms with van der Waals surface area (Å²) in [5.74, 6) is -0.196. The minimum Gasteiger partial charge on any atom is -0.390 e. The lowest BCUT2D eigenvalue weighted by atomic mass is 10.0. The van der Waals surface area contributed by atoms with Crippen molar-refractivity contribution >= 4 is 28.7 Å². The lowest BCUT2D eigenvalue weighted by Crippen LogP contribution is -2.15. The van der Waals surface area contributed by atoms with E-state index in [2.05, 4.69) is 15.5 Å². The first-order chi connectivity index (χ1) is 13.9. The molecule has 0 unspecified atom stereocenters. The summed E-state index contributed by atoms with van der Waals surface area (Å²) in [6, 6.07) is 11.9. The number of rotatable bonds is 4. The SMILES string of the molecule is CN(C)c1cc2c(cc1F)NC(=O)CC(c1cccc(-c3cc(CO)no3)c1)=N2. The van der Waals surface area contributed by atoms with E-state index in [0.29, 0.717) is 34.2 Å². The highest BCUT2D eigenvalue weighted by Gasteiger charge is 2.20. The van der Waals surface area contributed by atoms with E-state index >= 15 is 0 Å². The first kappa shape index (κ1) is 18.8. The maximum absolute atomic E-state index is 14.3. The molecule has 1 aliphatic heterocycles. The number of anilines is 2. The van der Waals surface area contributed by atoms with Gasteiger partial charge in [-0.25, -0.2) is 4.39 Å². The van der Waals surface area contributed by atoms with Gasteiger partial charge in [0, 0.05) is 31.8 Å². The highest BCUT2D eigenvalue weighted by molar-refractivity contribution is 6.17. The van der Waals surface area contributed by atoms with Crippen LogP contribution in [0.25, 0.3) is 11.3 Å². The maximum Gasteiger partial charge on any atom is 0.230 e. The average molecular weight is 394 g/mol. The van der Waals surface area contributed by atoms with Crippen molar-refractivity contribution < 1.29 is 18.8 Å². The average Bonchev–Trinajstić information content (AvgIpc) is 3.12. The van der Waals surface area contributed by atoms with Gasteiger partial charge < -0.3 is 19.8 Å². The molecule has 8 heteroatoms. The predicted molar refractivity (Wildman–Crippen MR) is 108 cm³/mol. The Hall–Kier alpha value is -3.52. The van der Waals surface area contributed by atoms with Gasteiger partial charge in [0.25, 0.3) is 0 Å². The Morgan fingerprint density at radius 1 is 1.21 bits per heavy atom. The Bertz CT molecular complexity index is 1120. The maximum atomic E-state index is 14.3. The Morgan fingerprint density at radius 3 is 2.72 bits per heavy atom. The Kier molecular flexibility index (Phi) is 4.85. The summed E-state index contributed by atoms with van der Waals surface area (Å²) >= 11 is 0. The van der Waals surface area contributed by atoms with Crippen molar-refractivity contribution in [1.29, 1.82) is 0 Å². The molecule has 2 aromatic carbocycles. The second kappa shape index (κ2) is 7.48. The lowest BCUT2D eigenvalue weighted by molar-refractivity contribution is -0.115. The van der Waals surface area contributed by atoms with Gasteiger partial charge in [0.05, 0.1) is 35.8 Å². The van der Waals surface area contributed by atoms with Crippen LogP contribution in [0.5, 0.6) is 0 Å². The number of aliphatic hydroxyl groups is 1. The van der Waals surface area contributed by atoms with Crippen LogP contribution in [-0.4, -0.2) is 36.0 Å². The quantitative estimate of drug-likeness (QED) is 0.707. The summed E-state index contributed by atoms with van der Waals surface area (Å²) in [6.07, 6.45) is 0.0509. The van der Waals surface area contributed by atoms with Gasteiger partial charge >= 0.3 is 0 Å². The molecule has 0 radical (unpaired) electrons. The van der Waals surface area contributed by atoms with Crippen molar-refractivity contribution in [2.75, 3.05) is 24.3 Å². The van der Waals surface area contributed by atoms with Gasteiger partial charge in [0.15, 0.2) is 5.76 Å². The van der Waals surface area contributed by atoms with Crippen LogP contribution >= 0.6 is 0 Å². The lowest BCUT2D eigenvalue weighted by Gasteiger charge is -2.15. The molecule has 1 aromatic heterocycles. The van der Waals surface area contributed by atoms with Crippen molar-refractivity contribution in [3.63, 3.8) is 0 Å². The fourth-order valence-corrected chi connectivity index (χ4v) is 3.16. The van der Waals surface area contributed by atoms with Crippen LogP contribution in [0, 0.1) is 5.82 Å². The highest BCUT2D eigenvalue weighted by atomic mass is 19.1. The normalized spacial score (nSPS) is 13.4. The zero-order valence-electron chi connectivity index (χ0n) is 15.9. The molecule has 3 aromatic rings. The van der Waals surface area contributed by atoms with Crippen molar-refractivity contribution in [3.8, 4) is 11.3 Å². The molecular formula is C21H19FN4O3. The summed E-state index contributed by atoms with van der Waals surface area (Å²) in [4.78, 5) is 18.7. The van der Waals surface area contributed by atoms with E-state index in [9.17, 15) is 14.3 Å². The molecular weight excluding hydrogens is 375 g/mol. The minimum atomic E-state index is -0.431. The van der Waals surface area contributed by atoms with E-state index in [1.165, 1.54) is 6.07 Å². The topological polar surface area (TPSA) is 91.0 Å². The largest absolute Gasteiger partial charge is 0.390 e. The van der Waals surface area contributed by atoms with Crippen LogP contribution in [0.2, 0.25) is 0 Å². The minimum absolute atomic E-state index is 0.0509. The summed E-state index contributed by atoms with van der Waals surface area (Å²) in [6.45, 7) is -0.211. The van der Waals surface area contributed by atoms with E-state index < -0.39 is 5.82 Å². The first-order valence-electron chi connectivity index (χ1n) is 9.00. The third-order valence-electron chi connectivity index (χ3n) is 4.61. The predicted octanol–water partition coefficient (Wildman–Crippen LogP) is 3.50. The van der Waals surface area contributed by atoms with E-state index in [0.717, 1.165) is 11.1 Å². The van der Waals surface area contributed by atoms with Crippen molar-refractivity contribution in [3.05, 3.63) is 59.5 Å². The molecule has 0 spiro atoms.